The maximum absolute atomic E-state index is 11.2. The average Bonchev–Trinajstić information content (AvgIpc) is 2.52. The van der Waals surface area contributed by atoms with Crippen LogP contribution in [0.25, 0.3) is 0 Å². The maximum atomic E-state index is 11.2. The highest BCUT2D eigenvalue weighted by Crippen LogP contribution is 2.13. The number of aliphatic hydroxyl groups is 1. The molecule has 7 heteroatoms. The first kappa shape index (κ1) is 11.4. The second-order valence-corrected chi connectivity index (χ2v) is 4.74. The van der Waals surface area contributed by atoms with E-state index in [9.17, 15) is 4.79 Å². The molecule has 1 amide bonds. The summed E-state index contributed by atoms with van der Waals surface area (Å²) >= 11 is 2.72. The Balaban J connectivity index is 2.27. The van der Waals surface area contributed by atoms with Crippen molar-refractivity contribution in [2.75, 3.05) is 23.4 Å². The van der Waals surface area contributed by atoms with Crippen LogP contribution in [-0.4, -0.2) is 39.3 Å². The van der Waals surface area contributed by atoms with E-state index in [1.54, 1.807) is 0 Å². The molecule has 78 valence electrons. The fourth-order valence-corrected chi connectivity index (χ4v) is 1.87. The summed E-state index contributed by atoms with van der Waals surface area (Å²) in [5.74, 6) is 0.793. The minimum absolute atomic E-state index is 0.0931. The van der Waals surface area contributed by atoms with Gasteiger partial charge in [0.15, 0.2) is 0 Å². The van der Waals surface area contributed by atoms with E-state index >= 15 is 0 Å². The number of aryl methyl sites for hydroxylation is 1. The number of nitrogens with one attached hydrogen (secondary N) is 1. The molecule has 0 atom stereocenters. The first-order chi connectivity index (χ1) is 6.72. The Kier molecular flexibility index (Phi) is 4.85. The van der Waals surface area contributed by atoms with Crippen LogP contribution in [0.4, 0.5) is 5.13 Å². The number of aliphatic hydroxyl groups excluding tert-OH is 1. The van der Waals surface area contributed by atoms with Crippen molar-refractivity contribution in [1.29, 1.82) is 0 Å². The summed E-state index contributed by atoms with van der Waals surface area (Å²) in [6.45, 7) is 1.92. The highest BCUT2D eigenvalue weighted by atomic mass is 32.2. The number of rotatable bonds is 5. The van der Waals surface area contributed by atoms with Crippen LogP contribution >= 0.6 is 23.1 Å². The highest BCUT2D eigenvalue weighted by molar-refractivity contribution is 7.99. The summed E-state index contributed by atoms with van der Waals surface area (Å²) in [6.07, 6.45) is 0. The SMILES string of the molecule is Cc1nnc(NC(=O)CSCCO)s1. The topological polar surface area (TPSA) is 75.1 Å². The molecule has 0 aliphatic heterocycles. The van der Waals surface area contributed by atoms with Gasteiger partial charge in [-0.3, -0.25) is 10.1 Å². The van der Waals surface area contributed by atoms with Gasteiger partial charge in [-0.1, -0.05) is 11.3 Å². The van der Waals surface area contributed by atoms with Gasteiger partial charge in [-0.15, -0.1) is 22.0 Å². The van der Waals surface area contributed by atoms with Gasteiger partial charge in [0.05, 0.1) is 12.4 Å². The number of amides is 1. The van der Waals surface area contributed by atoms with Gasteiger partial charge in [0.2, 0.25) is 11.0 Å². The fraction of sp³-hybridized carbons (Fsp3) is 0.571. The lowest BCUT2D eigenvalue weighted by Crippen LogP contribution is -2.14. The van der Waals surface area contributed by atoms with Gasteiger partial charge >= 0.3 is 0 Å². The lowest BCUT2D eigenvalue weighted by Gasteiger charge is -1.99. The molecule has 0 bridgehead atoms. The van der Waals surface area contributed by atoms with Crippen molar-refractivity contribution in [1.82, 2.24) is 10.2 Å². The van der Waals surface area contributed by atoms with Crippen molar-refractivity contribution < 1.29 is 9.90 Å². The van der Waals surface area contributed by atoms with Gasteiger partial charge in [-0.2, -0.15) is 0 Å². The number of thioether (sulfide) groups is 1. The molecule has 0 spiro atoms. The van der Waals surface area contributed by atoms with Gasteiger partial charge in [0.25, 0.3) is 0 Å². The quantitative estimate of drug-likeness (QED) is 0.725. The summed E-state index contributed by atoms with van der Waals surface area (Å²) in [5.41, 5.74) is 0. The predicted octanol–water partition coefficient (Wildman–Crippen LogP) is 0.511. The van der Waals surface area contributed by atoms with Crippen LogP contribution in [0.1, 0.15) is 5.01 Å². The van der Waals surface area contributed by atoms with Crippen molar-refractivity contribution in [3.63, 3.8) is 0 Å². The second-order valence-electron chi connectivity index (χ2n) is 2.45. The third-order valence-corrected chi connectivity index (χ3v) is 2.93. The summed E-state index contributed by atoms with van der Waals surface area (Å²) in [6, 6.07) is 0. The van der Waals surface area contributed by atoms with Crippen LogP contribution in [0.5, 0.6) is 0 Å². The maximum Gasteiger partial charge on any atom is 0.236 e. The summed E-state index contributed by atoms with van der Waals surface area (Å²) in [4.78, 5) is 11.2. The molecule has 1 rings (SSSR count). The number of hydrogen-bond donors (Lipinski definition) is 2. The smallest absolute Gasteiger partial charge is 0.236 e. The van der Waals surface area contributed by atoms with Gasteiger partial charge < -0.3 is 5.11 Å². The van der Waals surface area contributed by atoms with E-state index in [4.69, 9.17) is 5.11 Å². The Hall–Kier alpha value is -0.660. The van der Waals surface area contributed by atoms with Crippen LogP contribution in [-0.2, 0) is 4.79 Å². The molecule has 1 aromatic rings. The first-order valence-electron chi connectivity index (χ1n) is 4.01. The molecule has 2 N–H and O–H groups in total. The van der Waals surface area contributed by atoms with Crippen LogP contribution in [0.2, 0.25) is 0 Å². The Labute approximate surface area is 89.9 Å². The number of anilines is 1. The van der Waals surface area contributed by atoms with Crippen LogP contribution < -0.4 is 5.32 Å². The Morgan fingerprint density at radius 1 is 1.64 bits per heavy atom. The lowest BCUT2D eigenvalue weighted by atomic mass is 10.7. The predicted molar refractivity (Wildman–Crippen MR) is 57.7 cm³/mol. The summed E-state index contributed by atoms with van der Waals surface area (Å²) in [5, 5.41) is 20.0. The molecule has 0 unspecified atom stereocenters. The molecule has 0 aliphatic rings. The number of carbonyl (C=O) groups is 1. The minimum Gasteiger partial charge on any atom is -0.396 e. The van der Waals surface area contributed by atoms with E-state index in [1.807, 2.05) is 6.92 Å². The third kappa shape index (κ3) is 4.03. The minimum atomic E-state index is -0.111. The molecule has 0 aromatic carbocycles. The van der Waals surface area contributed by atoms with Crippen LogP contribution in [0.15, 0.2) is 0 Å². The van der Waals surface area contributed by atoms with Crippen molar-refractivity contribution >= 4 is 34.1 Å². The van der Waals surface area contributed by atoms with E-state index in [-0.39, 0.29) is 12.5 Å². The van der Waals surface area contributed by atoms with Crippen LogP contribution in [0.3, 0.4) is 0 Å². The van der Waals surface area contributed by atoms with E-state index in [1.165, 1.54) is 23.1 Å². The molecule has 0 saturated carbocycles. The zero-order valence-electron chi connectivity index (χ0n) is 7.69. The second kappa shape index (κ2) is 5.94. The van der Waals surface area contributed by atoms with E-state index in [0.29, 0.717) is 16.6 Å². The van der Waals surface area contributed by atoms with E-state index < -0.39 is 0 Å². The van der Waals surface area contributed by atoms with Gasteiger partial charge in [-0.25, -0.2) is 0 Å². The number of carbonyl (C=O) groups excluding carboxylic acids is 1. The molecule has 14 heavy (non-hydrogen) atoms. The fourth-order valence-electron chi connectivity index (χ4n) is 0.732. The summed E-state index contributed by atoms with van der Waals surface area (Å²) in [7, 11) is 0. The van der Waals surface area contributed by atoms with E-state index in [0.717, 1.165) is 5.01 Å². The summed E-state index contributed by atoms with van der Waals surface area (Å²) < 4.78 is 0. The van der Waals surface area contributed by atoms with Gasteiger partial charge in [-0.05, 0) is 6.92 Å². The normalized spacial score (nSPS) is 10.1. The molecule has 0 fully saturated rings. The standard InChI is InChI=1S/C7H11N3O2S2/c1-5-9-10-7(14-5)8-6(12)4-13-3-2-11/h11H,2-4H2,1H3,(H,8,10,12). The molecule has 0 saturated heterocycles. The van der Waals surface area contributed by atoms with Crippen LogP contribution in [0, 0.1) is 6.92 Å². The van der Waals surface area contributed by atoms with E-state index in [2.05, 4.69) is 15.5 Å². The molecule has 1 heterocycles. The Morgan fingerprint density at radius 2 is 2.43 bits per heavy atom. The van der Waals surface area contributed by atoms with Crippen molar-refractivity contribution in [3.05, 3.63) is 5.01 Å². The highest BCUT2D eigenvalue weighted by Gasteiger charge is 2.05. The third-order valence-electron chi connectivity index (χ3n) is 1.24. The Morgan fingerprint density at radius 3 is 3.00 bits per heavy atom. The van der Waals surface area contributed by atoms with Gasteiger partial charge in [0, 0.05) is 5.75 Å². The monoisotopic (exact) mass is 233 g/mol. The lowest BCUT2D eigenvalue weighted by molar-refractivity contribution is -0.113. The van der Waals surface area contributed by atoms with Crippen molar-refractivity contribution in [2.45, 2.75) is 6.92 Å². The van der Waals surface area contributed by atoms with Crippen molar-refractivity contribution in [3.8, 4) is 0 Å². The van der Waals surface area contributed by atoms with Crippen molar-refractivity contribution in [2.24, 2.45) is 0 Å². The molecule has 0 aliphatic carbocycles. The Bertz CT molecular complexity index is 303. The largest absolute Gasteiger partial charge is 0.396 e. The molecule has 5 nitrogen and oxygen atoms in total. The number of aromatic nitrogens is 2. The number of nitrogens with zero attached hydrogens (tertiary/aromatic N) is 2. The first-order valence-corrected chi connectivity index (χ1v) is 5.98. The molecular weight excluding hydrogens is 222 g/mol. The molecule has 0 radical (unpaired) electrons. The average molecular weight is 233 g/mol. The molecule has 1 aromatic heterocycles. The van der Waals surface area contributed by atoms with Gasteiger partial charge in [0.1, 0.15) is 5.01 Å². The molecular formula is C7H11N3O2S2. The zero-order chi connectivity index (χ0) is 10.4. The number of hydrogen-bond acceptors (Lipinski definition) is 6. The zero-order valence-corrected chi connectivity index (χ0v) is 9.32.